The van der Waals surface area contributed by atoms with Gasteiger partial charge in [-0.25, -0.2) is 0 Å². The molecule has 0 radical (unpaired) electrons. The normalized spacial score (nSPS) is 10.4. The van der Waals surface area contributed by atoms with Crippen molar-refractivity contribution in [3.63, 3.8) is 0 Å². The van der Waals surface area contributed by atoms with Gasteiger partial charge in [0.2, 0.25) is 0 Å². The number of carbonyl (C=O) groups excluding carboxylic acids is 1. The van der Waals surface area contributed by atoms with Crippen molar-refractivity contribution in [2.24, 2.45) is 5.73 Å². The molecule has 70 valence electrons. The SMILES string of the molecule is Cc1cnc(C(N)=O)c2ccccc12. The fourth-order valence-electron chi connectivity index (χ4n) is 1.53. The van der Waals surface area contributed by atoms with Gasteiger partial charge in [0.15, 0.2) is 0 Å². The van der Waals surface area contributed by atoms with Crippen molar-refractivity contribution < 1.29 is 4.79 Å². The molecule has 2 N–H and O–H groups in total. The lowest BCUT2D eigenvalue weighted by atomic mass is 10.1. The van der Waals surface area contributed by atoms with Gasteiger partial charge in [0.05, 0.1) is 0 Å². The van der Waals surface area contributed by atoms with E-state index in [1.54, 1.807) is 6.20 Å². The Morgan fingerprint density at radius 3 is 2.57 bits per heavy atom. The fourth-order valence-corrected chi connectivity index (χ4v) is 1.53. The van der Waals surface area contributed by atoms with Gasteiger partial charge in [-0.3, -0.25) is 9.78 Å². The van der Waals surface area contributed by atoms with Gasteiger partial charge in [-0.05, 0) is 17.9 Å². The summed E-state index contributed by atoms with van der Waals surface area (Å²) in [5, 5.41) is 1.84. The molecule has 2 aromatic rings. The first-order chi connectivity index (χ1) is 6.70. The summed E-state index contributed by atoms with van der Waals surface area (Å²) >= 11 is 0. The summed E-state index contributed by atoms with van der Waals surface area (Å²) in [4.78, 5) is 15.1. The van der Waals surface area contributed by atoms with Crippen LogP contribution in [0.5, 0.6) is 0 Å². The van der Waals surface area contributed by atoms with Crippen molar-refractivity contribution in [2.75, 3.05) is 0 Å². The molecule has 0 atom stereocenters. The molecule has 1 amide bonds. The third-order valence-corrected chi connectivity index (χ3v) is 2.23. The molecule has 0 bridgehead atoms. The molecule has 3 heteroatoms. The van der Waals surface area contributed by atoms with E-state index in [1.807, 2.05) is 31.2 Å². The number of benzene rings is 1. The van der Waals surface area contributed by atoms with Crippen molar-refractivity contribution >= 4 is 16.7 Å². The number of hydrogen-bond donors (Lipinski definition) is 1. The van der Waals surface area contributed by atoms with Gasteiger partial charge in [-0.1, -0.05) is 24.3 Å². The second-order valence-corrected chi connectivity index (χ2v) is 3.20. The maximum Gasteiger partial charge on any atom is 0.267 e. The molecule has 0 unspecified atom stereocenters. The number of primary amides is 1. The zero-order chi connectivity index (χ0) is 10.1. The molecule has 1 heterocycles. The minimum atomic E-state index is -0.485. The number of nitrogens with two attached hydrogens (primary N) is 1. The van der Waals surface area contributed by atoms with Crippen LogP contribution in [0.3, 0.4) is 0 Å². The first kappa shape index (κ1) is 8.69. The Morgan fingerprint density at radius 2 is 1.93 bits per heavy atom. The lowest BCUT2D eigenvalue weighted by molar-refractivity contribution is 0.0997. The average molecular weight is 186 g/mol. The topological polar surface area (TPSA) is 56.0 Å². The van der Waals surface area contributed by atoms with Crippen molar-refractivity contribution in [3.8, 4) is 0 Å². The van der Waals surface area contributed by atoms with E-state index in [1.165, 1.54) is 0 Å². The number of fused-ring (bicyclic) bond motifs is 1. The number of hydrogen-bond acceptors (Lipinski definition) is 2. The van der Waals surface area contributed by atoms with Crippen molar-refractivity contribution in [1.29, 1.82) is 0 Å². The molecule has 0 aliphatic heterocycles. The van der Waals surface area contributed by atoms with Gasteiger partial charge < -0.3 is 5.73 Å². The van der Waals surface area contributed by atoms with Crippen LogP contribution >= 0.6 is 0 Å². The summed E-state index contributed by atoms with van der Waals surface area (Å²) in [5.41, 5.74) is 6.61. The van der Waals surface area contributed by atoms with E-state index in [0.717, 1.165) is 16.3 Å². The van der Waals surface area contributed by atoms with Crippen LogP contribution in [0.25, 0.3) is 10.8 Å². The molecule has 0 fully saturated rings. The first-order valence-corrected chi connectivity index (χ1v) is 4.34. The minimum absolute atomic E-state index is 0.339. The van der Waals surface area contributed by atoms with Crippen LogP contribution in [0.2, 0.25) is 0 Å². The van der Waals surface area contributed by atoms with Gasteiger partial charge in [0, 0.05) is 11.6 Å². The van der Waals surface area contributed by atoms with Crippen molar-refractivity contribution in [3.05, 3.63) is 41.7 Å². The van der Waals surface area contributed by atoms with E-state index in [0.29, 0.717) is 5.69 Å². The van der Waals surface area contributed by atoms with Gasteiger partial charge >= 0.3 is 0 Å². The van der Waals surface area contributed by atoms with E-state index in [-0.39, 0.29) is 0 Å². The number of nitrogens with zero attached hydrogens (tertiary/aromatic N) is 1. The van der Waals surface area contributed by atoms with Crippen LogP contribution in [0, 0.1) is 6.92 Å². The molecule has 1 aromatic carbocycles. The van der Waals surface area contributed by atoms with Crippen LogP contribution in [-0.4, -0.2) is 10.9 Å². The molecule has 0 spiro atoms. The Kier molecular flexibility index (Phi) is 1.93. The highest BCUT2D eigenvalue weighted by Crippen LogP contribution is 2.19. The van der Waals surface area contributed by atoms with E-state index in [9.17, 15) is 4.79 Å². The molecule has 14 heavy (non-hydrogen) atoms. The molecular formula is C11H10N2O. The van der Waals surface area contributed by atoms with Crippen LogP contribution in [0.1, 0.15) is 16.1 Å². The van der Waals surface area contributed by atoms with Gasteiger partial charge in [0.1, 0.15) is 5.69 Å². The van der Waals surface area contributed by atoms with Crippen molar-refractivity contribution in [1.82, 2.24) is 4.98 Å². The number of amides is 1. The Hall–Kier alpha value is -1.90. The summed E-state index contributed by atoms with van der Waals surface area (Å²) in [6, 6.07) is 7.62. The molecule has 0 saturated carbocycles. The molecular weight excluding hydrogens is 176 g/mol. The predicted octanol–water partition coefficient (Wildman–Crippen LogP) is 1.64. The molecule has 0 aliphatic carbocycles. The molecule has 2 rings (SSSR count). The lowest BCUT2D eigenvalue weighted by Gasteiger charge is -2.04. The maximum absolute atomic E-state index is 11.1. The van der Waals surface area contributed by atoms with Gasteiger partial charge in [-0.15, -0.1) is 0 Å². The number of aryl methyl sites for hydroxylation is 1. The Morgan fingerprint density at radius 1 is 1.29 bits per heavy atom. The Labute approximate surface area is 81.6 Å². The summed E-state index contributed by atoms with van der Waals surface area (Å²) in [6.07, 6.45) is 1.67. The third-order valence-electron chi connectivity index (χ3n) is 2.23. The first-order valence-electron chi connectivity index (χ1n) is 4.34. The average Bonchev–Trinajstić information content (AvgIpc) is 2.18. The second kappa shape index (κ2) is 3.10. The van der Waals surface area contributed by atoms with E-state index < -0.39 is 5.91 Å². The fraction of sp³-hybridized carbons (Fsp3) is 0.0909. The highest BCUT2D eigenvalue weighted by molar-refractivity contribution is 6.05. The minimum Gasteiger partial charge on any atom is -0.364 e. The highest BCUT2D eigenvalue weighted by atomic mass is 16.1. The van der Waals surface area contributed by atoms with E-state index in [2.05, 4.69) is 4.98 Å². The van der Waals surface area contributed by atoms with Crippen molar-refractivity contribution in [2.45, 2.75) is 6.92 Å². The predicted molar refractivity (Wildman–Crippen MR) is 55.0 cm³/mol. The van der Waals surface area contributed by atoms with Crippen LogP contribution < -0.4 is 5.73 Å². The summed E-state index contributed by atoms with van der Waals surface area (Å²) in [5.74, 6) is -0.485. The zero-order valence-electron chi connectivity index (χ0n) is 7.82. The monoisotopic (exact) mass is 186 g/mol. The van der Waals surface area contributed by atoms with Crippen LogP contribution in [0.4, 0.5) is 0 Å². The van der Waals surface area contributed by atoms with Crippen LogP contribution in [-0.2, 0) is 0 Å². The number of aromatic nitrogens is 1. The van der Waals surface area contributed by atoms with Gasteiger partial charge in [0.25, 0.3) is 5.91 Å². The highest BCUT2D eigenvalue weighted by Gasteiger charge is 2.08. The molecule has 0 aliphatic rings. The summed E-state index contributed by atoms with van der Waals surface area (Å²) in [7, 11) is 0. The standard InChI is InChI=1S/C11H10N2O/c1-7-6-13-10(11(12)14)9-5-3-2-4-8(7)9/h2-6H,1H3,(H2,12,14). The quantitative estimate of drug-likeness (QED) is 0.736. The lowest BCUT2D eigenvalue weighted by Crippen LogP contribution is -2.13. The molecule has 1 aromatic heterocycles. The number of carbonyl (C=O) groups is 1. The smallest absolute Gasteiger partial charge is 0.267 e. The number of rotatable bonds is 1. The third kappa shape index (κ3) is 1.23. The Balaban J connectivity index is 2.88. The zero-order valence-corrected chi connectivity index (χ0v) is 7.82. The number of pyridine rings is 1. The van der Waals surface area contributed by atoms with E-state index in [4.69, 9.17) is 5.73 Å². The molecule has 3 nitrogen and oxygen atoms in total. The molecule has 0 saturated heterocycles. The summed E-state index contributed by atoms with van der Waals surface area (Å²) < 4.78 is 0. The maximum atomic E-state index is 11.1. The Bertz CT molecular complexity index is 506. The van der Waals surface area contributed by atoms with E-state index >= 15 is 0 Å². The second-order valence-electron chi connectivity index (χ2n) is 3.20. The van der Waals surface area contributed by atoms with Crippen LogP contribution in [0.15, 0.2) is 30.5 Å². The van der Waals surface area contributed by atoms with Gasteiger partial charge in [-0.2, -0.15) is 0 Å². The summed E-state index contributed by atoms with van der Waals surface area (Å²) in [6.45, 7) is 1.96. The largest absolute Gasteiger partial charge is 0.364 e.